The summed E-state index contributed by atoms with van der Waals surface area (Å²) < 4.78 is 0. The summed E-state index contributed by atoms with van der Waals surface area (Å²) in [6.07, 6.45) is 1.00. The molecule has 114 valence electrons. The van der Waals surface area contributed by atoms with E-state index in [-0.39, 0.29) is 5.41 Å². The highest BCUT2D eigenvalue weighted by Crippen LogP contribution is 2.25. The molecule has 3 nitrogen and oxygen atoms in total. The number of nitrogens with zero attached hydrogens (tertiary/aromatic N) is 3. The first-order valence-electron chi connectivity index (χ1n) is 7.07. The predicted octanol–water partition coefficient (Wildman–Crippen LogP) is 4.56. The van der Waals surface area contributed by atoms with Crippen molar-refractivity contribution in [2.45, 2.75) is 45.6 Å². The van der Waals surface area contributed by atoms with Gasteiger partial charge in [-0.1, -0.05) is 38.4 Å². The molecule has 1 atom stereocenters. The summed E-state index contributed by atoms with van der Waals surface area (Å²) in [7, 11) is 2.06. The van der Waals surface area contributed by atoms with Crippen LogP contribution in [0.2, 0.25) is 5.15 Å². The van der Waals surface area contributed by atoms with Crippen molar-refractivity contribution in [2.24, 2.45) is 0 Å². The van der Waals surface area contributed by atoms with Crippen LogP contribution in [0.5, 0.6) is 0 Å². The number of thiophene rings is 1. The van der Waals surface area contributed by atoms with Crippen molar-refractivity contribution in [2.75, 3.05) is 11.9 Å². The van der Waals surface area contributed by atoms with E-state index in [2.05, 4.69) is 67.1 Å². The molecule has 2 rings (SSSR count). The third-order valence-electron chi connectivity index (χ3n) is 3.45. The van der Waals surface area contributed by atoms with Crippen molar-refractivity contribution < 1.29 is 0 Å². The van der Waals surface area contributed by atoms with E-state index in [0.29, 0.717) is 11.2 Å². The van der Waals surface area contributed by atoms with E-state index in [1.165, 1.54) is 4.88 Å². The van der Waals surface area contributed by atoms with Gasteiger partial charge in [-0.15, -0.1) is 11.3 Å². The minimum Gasteiger partial charge on any atom is -0.356 e. The third-order valence-corrected chi connectivity index (χ3v) is 4.54. The van der Waals surface area contributed by atoms with E-state index in [1.807, 2.05) is 6.07 Å². The van der Waals surface area contributed by atoms with Gasteiger partial charge in [0, 0.05) is 35.9 Å². The fraction of sp³-hybridized carbons (Fsp3) is 0.500. The molecular weight excluding hydrogens is 302 g/mol. The largest absolute Gasteiger partial charge is 0.356 e. The van der Waals surface area contributed by atoms with Crippen molar-refractivity contribution in [1.82, 2.24) is 9.97 Å². The van der Waals surface area contributed by atoms with Gasteiger partial charge in [0.15, 0.2) is 0 Å². The van der Waals surface area contributed by atoms with Crippen LogP contribution in [-0.4, -0.2) is 23.1 Å². The summed E-state index contributed by atoms with van der Waals surface area (Å²) in [5.41, 5.74) is -0.114. The lowest BCUT2D eigenvalue weighted by Crippen LogP contribution is -2.32. The van der Waals surface area contributed by atoms with E-state index in [9.17, 15) is 0 Å². The molecule has 0 spiro atoms. The second-order valence-electron chi connectivity index (χ2n) is 6.37. The normalized spacial score (nSPS) is 13.2. The first-order valence-corrected chi connectivity index (χ1v) is 8.33. The van der Waals surface area contributed by atoms with Gasteiger partial charge in [0.25, 0.3) is 0 Å². The zero-order chi connectivity index (χ0) is 15.6. The molecule has 0 N–H and O–H groups in total. The molecule has 21 heavy (non-hydrogen) atoms. The zero-order valence-corrected chi connectivity index (χ0v) is 14.8. The topological polar surface area (TPSA) is 29.0 Å². The Morgan fingerprint density at radius 3 is 2.62 bits per heavy atom. The van der Waals surface area contributed by atoms with Crippen molar-refractivity contribution in [3.05, 3.63) is 39.4 Å². The highest BCUT2D eigenvalue weighted by Gasteiger charge is 2.21. The number of aromatic nitrogens is 2. The molecule has 2 aromatic heterocycles. The summed E-state index contributed by atoms with van der Waals surface area (Å²) in [5, 5.41) is 2.61. The summed E-state index contributed by atoms with van der Waals surface area (Å²) in [6, 6.07) is 6.44. The van der Waals surface area contributed by atoms with Crippen LogP contribution in [0.4, 0.5) is 5.82 Å². The average Bonchev–Trinajstić information content (AvgIpc) is 2.88. The number of rotatable bonds is 4. The van der Waals surface area contributed by atoms with Gasteiger partial charge in [0.1, 0.15) is 16.8 Å². The molecule has 5 heteroatoms. The van der Waals surface area contributed by atoms with Crippen molar-refractivity contribution in [1.29, 1.82) is 0 Å². The first kappa shape index (κ1) is 16.2. The minimum atomic E-state index is -0.114. The number of hydrogen-bond acceptors (Lipinski definition) is 4. The maximum absolute atomic E-state index is 6.17. The van der Waals surface area contributed by atoms with Gasteiger partial charge < -0.3 is 4.90 Å². The van der Waals surface area contributed by atoms with E-state index in [1.54, 1.807) is 11.3 Å². The van der Waals surface area contributed by atoms with Crippen LogP contribution in [0.1, 0.15) is 38.4 Å². The number of anilines is 1. The summed E-state index contributed by atoms with van der Waals surface area (Å²) in [6.45, 7) is 8.49. The Bertz CT molecular complexity index is 590. The molecule has 0 saturated heterocycles. The molecular formula is C16H22ClN3S. The van der Waals surface area contributed by atoms with E-state index < -0.39 is 0 Å². The lowest BCUT2D eigenvalue weighted by Gasteiger charge is -2.27. The van der Waals surface area contributed by atoms with Crippen LogP contribution in [0, 0.1) is 0 Å². The van der Waals surface area contributed by atoms with Gasteiger partial charge in [-0.3, -0.25) is 0 Å². The molecule has 1 unspecified atom stereocenters. The highest BCUT2D eigenvalue weighted by atomic mass is 35.5. The molecule has 0 radical (unpaired) electrons. The first-order chi connectivity index (χ1) is 9.77. The third kappa shape index (κ3) is 4.17. The highest BCUT2D eigenvalue weighted by molar-refractivity contribution is 7.09. The Morgan fingerprint density at radius 2 is 2.05 bits per heavy atom. The fourth-order valence-electron chi connectivity index (χ4n) is 2.00. The van der Waals surface area contributed by atoms with Crippen LogP contribution < -0.4 is 4.90 Å². The standard InChI is InChI=1S/C16H22ClN3S/c1-11(9-12-7-6-8-21-12)20(5)14-10-13(17)18-15(19-14)16(2,3)4/h6-8,10-11H,9H2,1-5H3. The summed E-state index contributed by atoms with van der Waals surface area (Å²) in [4.78, 5) is 12.6. The summed E-state index contributed by atoms with van der Waals surface area (Å²) in [5.74, 6) is 1.66. The van der Waals surface area contributed by atoms with Crippen LogP contribution in [0.15, 0.2) is 23.6 Å². The molecule has 2 heterocycles. The van der Waals surface area contributed by atoms with Gasteiger partial charge in [-0.25, -0.2) is 9.97 Å². The molecule has 0 bridgehead atoms. The van der Waals surface area contributed by atoms with Gasteiger partial charge in [0.2, 0.25) is 0 Å². The second-order valence-corrected chi connectivity index (χ2v) is 7.79. The maximum Gasteiger partial charge on any atom is 0.137 e. The fourth-order valence-corrected chi connectivity index (χ4v) is 3.01. The molecule has 2 aromatic rings. The molecule has 0 aliphatic rings. The van der Waals surface area contributed by atoms with Gasteiger partial charge >= 0.3 is 0 Å². The SMILES string of the molecule is CC(Cc1cccs1)N(C)c1cc(Cl)nc(C(C)(C)C)n1. The number of hydrogen-bond donors (Lipinski definition) is 0. The maximum atomic E-state index is 6.17. The van der Waals surface area contributed by atoms with Crippen molar-refractivity contribution in [3.63, 3.8) is 0 Å². The van der Waals surface area contributed by atoms with E-state index in [0.717, 1.165) is 18.1 Å². The van der Waals surface area contributed by atoms with Crippen LogP contribution in [-0.2, 0) is 11.8 Å². The van der Waals surface area contributed by atoms with Crippen LogP contribution in [0.25, 0.3) is 0 Å². The smallest absolute Gasteiger partial charge is 0.137 e. The molecule has 0 aliphatic heterocycles. The summed E-state index contributed by atoms with van der Waals surface area (Å²) >= 11 is 7.96. The predicted molar refractivity (Wildman–Crippen MR) is 91.6 cm³/mol. The van der Waals surface area contributed by atoms with Crippen molar-refractivity contribution in [3.8, 4) is 0 Å². The Kier molecular flexibility index (Phi) is 4.89. The Hall–Kier alpha value is -1.13. The quantitative estimate of drug-likeness (QED) is 0.772. The lowest BCUT2D eigenvalue weighted by molar-refractivity contribution is 0.542. The number of likely N-dealkylation sites (N-methyl/N-ethyl adjacent to an activating group) is 1. The van der Waals surface area contributed by atoms with Gasteiger partial charge in [-0.2, -0.15) is 0 Å². The minimum absolute atomic E-state index is 0.114. The van der Waals surface area contributed by atoms with E-state index >= 15 is 0 Å². The van der Waals surface area contributed by atoms with Crippen LogP contribution in [0.3, 0.4) is 0 Å². The Morgan fingerprint density at radius 1 is 1.33 bits per heavy atom. The van der Waals surface area contributed by atoms with Crippen LogP contribution >= 0.6 is 22.9 Å². The number of halogens is 1. The Balaban J connectivity index is 2.22. The Labute approximate surface area is 136 Å². The van der Waals surface area contributed by atoms with Crippen molar-refractivity contribution >= 4 is 28.8 Å². The monoisotopic (exact) mass is 323 g/mol. The molecule has 0 amide bonds. The zero-order valence-electron chi connectivity index (χ0n) is 13.2. The van der Waals surface area contributed by atoms with E-state index in [4.69, 9.17) is 11.6 Å². The molecule has 0 saturated carbocycles. The average molecular weight is 324 g/mol. The lowest BCUT2D eigenvalue weighted by atomic mass is 9.96. The molecule has 0 aromatic carbocycles. The van der Waals surface area contributed by atoms with Gasteiger partial charge in [-0.05, 0) is 18.4 Å². The molecule has 0 aliphatic carbocycles. The molecule has 0 fully saturated rings. The van der Waals surface area contributed by atoms with Gasteiger partial charge in [0.05, 0.1) is 0 Å². The second kappa shape index (κ2) is 6.32.